The molecule has 0 heterocycles. The first-order valence-corrected chi connectivity index (χ1v) is 6.01. The molecule has 0 aliphatic carbocycles. The zero-order valence-corrected chi connectivity index (χ0v) is 10.7. The standard InChI is InChI=1S/C12H27NO2/c1-5-11(8-15-4)13-9-12(6-2,7-3)10-14/h11,13-14H,5-10H2,1-4H3. The molecule has 3 heteroatoms. The van der Waals surface area contributed by atoms with Gasteiger partial charge in [0.2, 0.25) is 0 Å². The Morgan fingerprint density at radius 1 is 1.27 bits per heavy atom. The van der Waals surface area contributed by atoms with E-state index in [0.29, 0.717) is 6.04 Å². The van der Waals surface area contributed by atoms with Crippen LogP contribution in [0.5, 0.6) is 0 Å². The summed E-state index contributed by atoms with van der Waals surface area (Å²) in [6.45, 7) is 8.30. The van der Waals surface area contributed by atoms with Crippen LogP contribution >= 0.6 is 0 Å². The molecular weight excluding hydrogens is 190 g/mol. The van der Waals surface area contributed by atoms with Crippen molar-refractivity contribution in [3.8, 4) is 0 Å². The Morgan fingerprint density at radius 3 is 2.20 bits per heavy atom. The van der Waals surface area contributed by atoms with Crippen LogP contribution < -0.4 is 5.32 Å². The normalized spacial score (nSPS) is 14.2. The van der Waals surface area contributed by atoms with E-state index in [-0.39, 0.29) is 12.0 Å². The highest BCUT2D eigenvalue weighted by molar-refractivity contribution is 4.80. The van der Waals surface area contributed by atoms with Crippen molar-refractivity contribution < 1.29 is 9.84 Å². The fraction of sp³-hybridized carbons (Fsp3) is 1.00. The van der Waals surface area contributed by atoms with Crippen LogP contribution in [0.25, 0.3) is 0 Å². The van der Waals surface area contributed by atoms with E-state index in [0.717, 1.165) is 32.4 Å². The molecule has 2 N–H and O–H groups in total. The molecule has 1 unspecified atom stereocenters. The summed E-state index contributed by atoms with van der Waals surface area (Å²) in [7, 11) is 1.73. The number of rotatable bonds is 9. The fourth-order valence-corrected chi connectivity index (χ4v) is 1.66. The topological polar surface area (TPSA) is 41.5 Å². The Kier molecular flexibility index (Phi) is 8.02. The minimum atomic E-state index is 0.0428. The zero-order valence-electron chi connectivity index (χ0n) is 10.7. The van der Waals surface area contributed by atoms with Crippen molar-refractivity contribution in [2.24, 2.45) is 5.41 Å². The molecule has 0 aliphatic heterocycles. The largest absolute Gasteiger partial charge is 0.396 e. The Bertz CT molecular complexity index is 138. The van der Waals surface area contributed by atoms with Gasteiger partial charge in [-0.3, -0.25) is 0 Å². The van der Waals surface area contributed by atoms with Crippen molar-refractivity contribution in [1.29, 1.82) is 0 Å². The van der Waals surface area contributed by atoms with Gasteiger partial charge in [0, 0.05) is 31.7 Å². The molecule has 0 fully saturated rings. The van der Waals surface area contributed by atoms with Crippen LogP contribution in [0.3, 0.4) is 0 Å². The lowest BCUT2D eigenvalue weighted by molar-refractivity contribution is 0.0986. The van der Waals surface area contributed by atoms with Crippen molar-refractivity contribution in [3.63, 3.8) is 0 Å². The van der Waals surface area contributed by atoms with Crippen LogP contribution in [-0.2, 0) is 4.74 Å². The lowest BCUT2D eigenvalue weighted by atomic mass is 9.83. The predicted octanol–water partition coefficient (Wildman–Crippen LogP) is 1.80. The van der Waals surface area contributed by atoms with E-state index in [1.54, 1.807) is 7.11 Å². The van der Waals surface area contributed by atoms with Gasteiger partial charge in [-0.05, 0) is 19.3 Å². The molecule has 0 bridgehead atoms. The van der Waals surface area contributed by atoms with Gasteiger partial charge in [-0.2, -0.15) is 0 Å². The molecule has 0 aromatic rings. The molecule has 0 saturated heterocycles. The molecule has 0 spiro atoms. The number of ether oxygens (including phenoxy) is 1. The molecule has 0 radical (unpaired) electrons. The maximum atomic E-state index is 9.42. The van der Waals surface area contributed by atoms with E-state index < -0.39 is 0 Å². The predicted molar refractivity (Wildman–Crippen MR) is 64.1 cm³/mol. The van der Waals surface area contributed by atoms with Crippen molar-refractivity contribution in [1.82, 2.24) is 5.32 Å². The summed E-state index contributed by atoms with van der Waals surface area (Å²) >= 11 is 0. The Labute approximate surface area is 94.2 Å². The summed E-state index contributed by atoms with van der Waals surface area (Å²) in [5.74, 6) is 0. The first kappa shape index (κ1) is 14.9. The van der Waals surface area contributed by atoms with Crippen LogP contribution in [-0.4, -0.2) is 38.0 Å². The molecule has 15 heavy (non-hydrogen) atoms. The summed E-state index contributed by atoms with van der Waals surface area (Å²) in [6.07, 6.45) is 3.08. The van der Waals surface area contributed by atoms with Gasteiger partial charge in [0.25, 0.3) is 0 Å². The van der Waals surface area contributed by atoms with Gasteiger partial charge in [0.05, 0.1) is 6.61 Å². The number of methoxy groups -OCH3 is 1. The quantitative estimate of drug-likeness (QED) is 0.619. The SMILES string of the molecule is CCC(COC)NCC(CC)(CC)CO. The van der Waals surface area contributed by atoms with E-state index in [4.69, 9.17) is 4.74 Å². The maximum absolute atomic E-state index is 9.42. The summed E-state index contributed by atoms with van der Waals surface area (Å²) in [4.78, 5) is 0. The van der Waals surface area contributed by atoms with Gasteiger partial charge in [-0.15, -0.1) is 0 Å². The Hall–Kier alpha value is -0.120. The number of hydrogen-bond acceptors (Lipinski definition) is 3. The van der Waals surface area contributed by atoms with Gasteiger partial charge in [0.1, 0.15) is 0 Å². The molecule has 0 aromatic heterocycles. The monoisotopic (exact) mass is 217 g/mol. The van der Waals surface area contributed by atoms with E-state index >= 15 is 0 Å². The third-order valence-corrected chi connectivity index (χ3v) is 3.46. The van der Waals surface area contributed by atoms with Crippen LogP contribution in [0.15, 0.2) is 0 Å². The summed E-state index contributed by atoms with van der Waals surface area (Å²) < 4.78 is 5.14. The molecule has 92 valence electrons. The Balaban J connectivity index is 4.06. The van der Waals surface area contributed by atoms with E-state index in [9.17, 15) is 5.11 Å². The van der Waals surface area contributed by atoms with Crippen LogP contribution in [0.1, 0.15) is 40.0 Å². The first-order valence-electron chi connectivity index (χ1n) is 6.01. The zero-order chi connectivity index (χ0) is 11.7. The summed E-state index contributed by atoms with van der Waals surface area (Å²) in [6, 6.07) is 0.402. The Morgan fingerprint density at radius 2 is 1.87 bits per heavy atom. The molecule has 0 saturated carbocycles. The number of aliphatic hydroxyl groups excluding tert-OH is 1. The highest BCUT2D eigenvalue weighted by Crippen LogP contribution is 2.24. The van der Waals surface area contributed by atoms with Crippen LogP contribution in [0.4, 0.5) is 0 Å². The first-order chi connectivity index (χ1) is 7.17. The molecule has 1 atom stereocenters. The van der Waals surface area contributed by atoms with Crippen LogP contribution in [0, 0.1) is 5.41 Å². The summed E-state index contributed by atoms with van der Waals surface area (Å²) in [5, 5.41) is 12.9. The number of aliphatic hydroxyl groups is 1. The van der Waals surface area contributed by atoms with Crippen molar-refractivity contribution in [2.45, 2.75) is 46.1 Å². The van der Waals surface area contributed by atoms with Crippen molar-refractivity contribution in [3.05, 3.63) is 0 Å². The lowest BCUT2D eigenvalue weighted by Crippen LogP contribution is -2.42. The third kappa shape index (κ3) is 4.96. The number of nitrogens with one attached hydrogen (secondary N) is 1. The second-order valence-electron chi connectivity index (χ2n) is 4.31. The number of hydrogen-bond donors (Lipinski definition) is 2. The molecular formula is C12H27NO2. The minimum Gasteiger partial charge on any atom is -0.396 e. The molecule has 0 rings (SSSR count). The second kappa shape index (κ2) is 8.08. The lowest BCUT2D eigenvalue weighted by Gasteiger charge is -2.31. The molecule has 0 aliphatic rings. The average Bonchev–Trinajstić information content (AvgIpc) is 2.30. The average molecular weight is 217 g/mol. The van der Waals surface area contributed by atoms with Gasteiger partial charge in [-0.1, -0.05) is 20.8 Å². The fourth-order valence-electron chi connectivity index (χ4n) is 1.66. The minimum absolute atomic E-state index is 0.0428. The second-order valence-corrected chi connectivity index (χ2v) is 4.31. The van der Waals surface area contributed by atoms with Crippen molar-refractivity contribution >= 4 is 0 Å². The maximum Gasteiger partial charge on any atom is 0.0615 e. The van der Waals surface area contributed by atoms with Gasteiger partial charge in [0.15, 0.2) is 0 Å². The van der Waals surface area contributed by atoms with Crippen LogP contribution in [0.2, 0.25) is 0 Å². The van der Waals surface area contributed by atoms with Gasteiger partial charge >= 0.3 is 0 Å². The molecule has 3 nitrogen and oxygen atoms in total. The van der Waals surface area contributed by atoms with Gasteiger partial charge in [-0.25, -0.2) is 0 Å². The highest BCUT2D eigenvalue weighted by Gasteiger charge is 2.25. The van der Waals surface area contributed by atoms with E-state index in [1.807, 2.05) is 0 Å². The van der Waals surface area contributed by atoms with E-state index in [2.05, 4.69) is 26.1 Å². The highest BCUT2D eigenvalue weighted by atomic mass is 16.5. The van der Waals surface area contributed by atoms with Gasteiger partial charge < -0.3 is 15.2 Å². The molecule has 0 aromatic carbocycles. The smallest absolute Gasteiger partial charge is 0.0615 e. The van der Waals surface area contributed by atoms with Crippen molar-refractivity contribution in [2.75, 3.05) is 26.9 Å². The molecule has 0 amide bonds. The third-order valence-electron chi connectivity index (χ3n) is 3.46. The summed E-state index contributed by atoms with van der Waals surface area (Å²) in [5.41, 5.74) is 0.0428. The van der Waals surface area contributed by atoms with E-state index in [1.165, 1.54) is 0 Å².